The lowest BCUT2D eigenvalue weighted by Crippen LogP contribution is -2.31. The SMILES string of the molecule is Cc1cccc(OCC(C)C)c1-n1nc2c(c1-c1ccc(NC(N)=O)c(F)c1)CN(c1ncc(F)cc1Cl)CC2. The van der Waals surface area contributed by atoms with Crippen LogP contribution < -0.4 is 20.7 Å². The molecular formula is C29H29ClF2N6O2. The van der Waals surface area contributed by atoms with Crippen LogP contribution in [0.3, 0.4) is 0 Å². The summed E-state index contributed by atoms with van der Waals surface area (Å²) < 4.78 is 36.9. The molecule has 0 aliphatic carbocycles. The second kappa shape index (κ2) is 11.1. The molecule has 0 spiro atoms. The predicted octanol–water partition coefficient (Wildman–Crippen LogP) is 6.26. The number of hydrogen-bond donors (Lipinski definition) is 2. The number of para-hydroxylation sites is 1. The Morgan fingerprint density at radius 3 is 2.73 bits per heavy atom. The molecule has 0 atom stereocenters. The summed E-state index contributed by atoms with van der Waals surface area (Å²) in [7, 11) is 0. The molecule has 11 heteroatoms. The monoisotopic (exact) mass is 566 g/mol. The molecule has 2 aromatic heterocycles. The number of carbonyl (C=O) groups is 1. The third-order valence-electron chi connectivity index (χ3n) is 6.61. The van der Waals surface area contributed by atoms with E-state index in [0.29, 0.717) is 54.9 Å². The molecule has 40 heavy (non-hydrogen) atoms. The molecule has 3 heterocycles. The zero-order valence-corrected chi connectivity index (χ0v) is 23.1. The first-order valence-corrected chi connectivity index (χ1v) is 13.3. The Hall–Kier alpha value is -4.18. The van der Waals surface area contributed by atoms with E-state index in [1.54, 1.807) is 10.7 Å². The van der Waals surface area contributed by atoms with Gasteiger partial charge in [0.05, 0.1) is 34.9 Å². The van der Waals surface area contributed by atoms with Gasteiger partial charge in [-0.3, -0.25) is 0 Å². The van der Waals surface area contributed by atoms with E-state index in [-0.39, 0.29) is 10.7 Å². The highest BCUT2D eigenvalue weighted by molar-refractivity contribution is 6.32. The van der Waals surface area contributed by atoms with Crippen LogP contribution in [-0.4, -0.2) is 33.9 Å². The number of nitrogens with zero attached hydrogens (tertiary/aromatic N) is 4. The van der Waals surface area contributed by atoms with Crippen molar-refractivity contribution in [1.82, 2.24) is 14.8 Å². The summed E-state index contributed by atoms with van der Waals surface area (Å²) >= 11 is 6.35. The maximum absolute atomic E-state index is 15.2. The van der Waals surface area contributed by atoms with Gasteiger partial charge in [-0.1, -0.05) is 43.6 Å². The minimum Gasteiger partial charge on any atom is -0.491 e. The van der Waals surface area contributed by atoms with Crippen molar-refractivity contribution in [2.75, 3.05) is 23.4 Å². The average molecular weight is 567 g/mol. The molecule has 0 bridgehead atoms. The fraction of sp³-hybridized carbons (Fsp3) is 0.276. The third kappa shape index (κ3) is 5.44. The summed E-state index contributed by atoms with van der Waals surface area (Å²) in [6.07, 6.45) is 1.69. The largest absolute Gasteiger partial charge is 0.491 e. The normalized spacial score (nSPS) is 12.9. The average Bonchev–Trinajstić information content (AvgIpc) is 3.26. The highest BCUT2D eigenvalue weighted by atomic mass is 35.5. The highest BCUT2D eigenvalue weighted by Gasteiger charge is 2.29. The van der Waals surface area contributed by atoms with E-state index < -0.39 is 17.7 Å². The van der Waals surface area contributed by atoms with E-state index >= 15 is 4.39 Å². The number of amides is 2. The number of pyridine rings is 1. The van der Waals surface area contributed by atoms with E-state index in [4.69, 9.17) is 27.2 Å². The molecular weight excluding hydrogens is 538 g/mol. The zero-order valence-electron chi connectivity index (χ0n) is 22.3. The number of primary amides is 1. The lowest BCUT2D eigenvalue weighted by molar-refractivity contribution is 0.259. The van der Waals surface area contributed by atoms with E-state index in [0.717, 1.165) is 28.7 Å². The van der Waals surface area contributed by atoms with Crippen molar-refractivity contribution in [2.24, 2.45) is 11.7 Å². The van der Waals surface area contributed by atoms with Crippen LogP contribution in [0.1, 0.15) is 30.7 Å². The van der Waals surface area contributed by atoms with E-state index in [1.807, 2.05) is 30.0 Å². The van der Waals surface area contributed by atoms with Crippen molar-refractivity contribution < 1.29 is 18.3 Å². The van der Waals surface area contributed by atoms with Gasteiger partial charge in [0.25, 0.3) is 0 Å². The Kier molecular flexibility index (Phi) is 7.62. The molecule has 208 valence electrons. The van der Waals surface area contributed by atoms with Crippen LogP contribution >= 0.6 is 11.6 Å². The van der Waals surface area contributed by atoms with Crippen molar-refractivity contribution in [3.63, 3.8) is 0 Å². The highest BCUT2D eigenvalue weighted by Crippen LogP contribution is 2.39. The van der Waals surface area contributed by atoms with Gasteiger partial charge < -0.3 is 20.7 Å². The number of rotatable bonds is 7. The standard InChI is InChI=1S/C29H29ClF2N6O2/c1-16(2)15-40-25-6-4-5-17(3)26(25)38-27(18-7-8-24(22(32)11-18)35-29(33)39)20-14-37(10-9-23(20)36-38)28-21(30)12-19(31)13-34-28/h4-8,11-13,16H,9-10,14-15H2,1-3H3,(H3,33,35,39). The van der Waals surface area contributed by atoms with Gasteiger partial charge in [-0.15, -0.1) is 0 Å². The summed E-state index contributed by atoms with van der Waals surface area (Å²) in [5.74, 6) is 0.252. The summed E-state index contributed by atoms with van der Waals surface area (Å²) in [6.45, 7) is 7.54. The van der Waals surface area contributed by atoms with E-state index in [9.17, 15) is 9.18 Å². The number of nitrogens with two attached hydrogens (primary N) is 1. The lowest BCUT2D eigenvalue weighted by atomic mass is 10.00. The molecule has 2 aromatic carbocycles. The Morgan fingerprint density at radius 1 is 1.23 bits per heavy atom. The molecule has 1 aliphatic rings. The minimum absolute atomic E-state index is 0.0306. The second-order valence-electron chi connectivity index (χ2n) is 10.1. The van der Waals surface area contributed by atoms with Crippen molar-refractivity contribution >= 4 is 29.1 Å². The summed E-state index contributed by atoms with van der Waals surface area (Å²) in [4.78, 5) is 17.5. The number of nitrogens with one attached hydrogen (secondary N) is 1. The minimum atomic E-state index is -0.861. The zero-order chi connectivity index (χ0) is 28.6. The van der Waals surface area contributed by atoms with Crippen LogP contribution in [0.25, 0.3) is 16.9 Å². The quantitative estimate of drug-likeness (QED) is 0.275. The van der Waals surface area contributed by atoms with Crippen LogP contribution in [0.5, 0.6) is 5.75 Å². The van der Waals surface area contributed by atoms with Crippen LogP contribution in [0, 0.1) is 24.5 Å². The smallest absolute Gasteiger partial charge is 0.316 e. The second-order valence-corrected chi connectivity index (χ2v) is 10.5. The van der Waals surface area contributed by atoms with Crippen LogP contribution in [-0.2, 0) is 13.0 Å². The van der Waals surface area contributed by atoms with Gasteiger partial charge in [0.2, 0.25) is 0 Å². The van der Waals surface area contributed by atoms with Gasteiger partial charge in [0.1, 0.15) is 28.9 Å². The van der Waals surface area contributed by atoms with Crippen molar-refractivity contribution in [1.29, 1.82) is 0 Å². The maximum Gasteiger partial charge on any atom is 0.316 e. The van der Waals surface area contributed by atoms with E-state index in [1.165, 1.54) is 18.2 Å². The Morgan fingerprint density at radius 2 is 2.02 bits per heavy atom. The fourth-order valence-corrected chi connectivity index (χ4v) is 5.10. The number of anilines is 2. The molecule has 0 radical (unpaired) electrons. The predicted molar refractivity (Wildman–Crippen MR) is 151 cm³/mol. The fourth-order valence-electron chi connectivity index (χ4n) is 4.83. The Balaban J connectivity index is 1.68. The summed E-state index contributed by atoms with van der Waals surface area (Å²) in [5.41, 5.74) is 9.73. The van der Waals surface area contributed by atoms with Gasteiger partial charge in [-0.25, -0.2) is 23.2 Å². The molecule has 0 unspecified atom stereocenters. The van der Waals surface area contributed by atoms with Gasteiger partial charge in [0.15, 0.2) is 0 Å². The molecule has 0 saturated heterocycles. The van der Waals surface area contributed by atoms with Crippen molar-refractivity contribution in [2.45, 2.75) is 33.7 Å². The molecule has 1 aliphatic heterocycles. The first-order chi connectivity index (χ1) is 19.1. The number of hydrogen-bond acceptors (Lipinski definition) is 5. The maximum atomic E-state index is 15.2. The topological polar surface area (TPSA) is 98.3 Å². The van der Waals surface area contributed by atoms with Crippen LogP contribution in [0.15, 0.2) is 48.7 Å². The first kappa shape index (κ1) is 27.4. The number of fused-ring (bicyclic) bond motifs is 1. The molecule has 0 saturated carbocycles. The first-order valence-electron chi connectivity index (χ1n) is 12.9. The molecule has 2 amide bonds. The number of urea groups is 1. The molecule has 5 rings (SSSR count). The summed E-state index contributed by atoms with van der Waals surface area (Å²) in [5, 5.41) is 7.50. The number of halogens is 3. The number of carbonyl (C=O) groups excluding carboxylic acids is 1. The Bertz CT molecular complexity index is 1590. The van der Waals surface area contributed by atoms with E-state index in [2.05, 4.69) is 24.1 Å². The van der Waals surface area contributed by atoms with Crippen LogP contribution in [0.2, 0.25) is 5.02 Å². The summed E-state index contributed by atoms with van der Waals surface area (Å²) in [6, 6.07) is 10.7. The molecule has 4 aromatic rings. The number of ether oxygens (including phenoxy) is 1. The van der Waals surface area contributed by atoms with Gasteiger partial charge in [-0.2, -0.15) is 5.10 Å². The number of aromatic nitrogens is 3. The number of benzene rings is 2. The molecule has 8 nitrogen and oxygen atoms in total. The molecule has 0 fully saturated rings. The Labute approximate surface area is 235 Å². The number of aryl methyl sites for hydroxylation is 1. The lowest BCUT2D eigenvalue weighted by Gasteiger charge is -2.28. The van der Waals surface area contributed by atoms with Gasteiger partial charge in [0, 0.05) is 30.6 Å². The van der Waals surface area contributed by atoms with Crippen LogP contribution in [0.4, 0.5) is 25.1 Å². The molecule has 3 N–H and O–H groups in total. The van der Waals surface area contributed by atoms with Crippen molar-refractivity contribution in [3.05, 3.63) is 82.1 Å². The van der Waals surface area contributed by atoms with Gasteiger partial charge in [-0.05, 0) is 42.7 Å². The van der Waals surface area contributed by atoms with Crippen molar-refractivity contribution in [3.8, 4) is 22.7 Å². The third-order valence-corrected chi connectivity index (χ3v) is 6.89. The van der Waals surface area contributed by atoms with Gasteiger partial charge >= 0.3 is 6.03 Å².